The Morgan fingerprint density at radius 3 is 2.56 bits per heavy atom. The Kier molecular flexibility index (Phi) is 3.13. The zero-order valence-electron chi connectivity index (χ0n) is 8.58. The van der Waals surface area contributed by atoms with E-state index in [1.165, 1.54) is 0 Å². The molecule has 1 aromatic heterocycles. The van der Waals surface area contributed by atoms with Crippen LogP contribution in [-0.4, -0.2) is 11.2 Å². The second kappa shape index (κ2) is 4.93. The number of ether oxygens (including phenoxy) is 1. The number of nitrogens with zero attached hydrogens (tertiary/aromatic N) is 2. The predicted molar refractivity (Wildman–Crippen MR) is 62.5 cm³/mol. The average Bonchev–Trinajstić information content (AvgIpc) is 2.33. The van der Waals surface area contributed by atoms with Crippen LogP contribution in [0.2, 0.25) is 0 Å². The number of hydrogen-bond donors (Lipinski definition) is 1. The predicted octanol–water partition coefficient (Wildman–Crippen LogP) is 2.17. The lowest BCUT2D eigenvalue weighted by Gasteiger charge is -2.04. The summed E-state index contributed by atoms with van der Waals surface area (Å²) in [7, 11) is 0. The number of rotatable bonds is 3. The van der Waals surface area contributed by atoms with Crippen LogP contribution in [0.15, 0.2) is 53.9 Å². The largest absolute Gasteiger partial charge is 0.456 e. The minimum atomic E-state index is 0.711. The maximum Gasteiger partial charge on any atom is 0.145 e. The molecule has 0 aliphatic rings. The van der Waals surface area contributed by atoms with Crippen LogP contribution in [-0.2, 0) is 0 Å². The summed E-state index contributed by atoms with van der Waals surface area (Å²) in [6.45, 7) is 0. The van der Waals surface area contributed by atoms with E-state index < -0.39 is 0 Å². The standard InChI is InChI=1S/C12H11N3O/c13-15-8-10-3-5-11(6-4-10)16-12-2-1-7-14-9-12/h1-9H,13H2/b15-8+. The molecule has 1 heterocycles. The maximum absolute atomic E-state index is 5.57. The lowest BCUT2D eigenvalue weighted by atomic mass is 10.2. The van der Waals surface area contributed by atoms with Gasteiger partial charge in [0.15, 0.2) is 0 Å². The quantitative estimate of drug-likeness (QED) is 0.483. The second-order valence-corrected chi connectivity index (χ2v) is 3.14. The van der Waals surface area contributed by atoms with Crippen molar-refractivity contribution in [2.24, 2.45) is 10.9 Å². The molecule has 80 valence electrons. The van der Waals surface area contributed by atoms with E-state index >= 15 is 0 Å². The summed E-state index contributed by atoms with van der Waals surface area (Å²) in [6, 6.07) is 11.1. The smallest absolute Gasteiger partial charge is 0.145 e. The third kappa shape index (κ3) is 2.57. The molecule has 0 atom stereocenters. The van der Waals surface area contributed by atoms with Gasteiger partial charge in [-0.2, -0.15) is 5.10 Å². The normalized spacial score (nSPS) is 10.5. The van der Waals surface area contributed by atoms with E-state index in [2.05, 4.69) is 10.1 Å². The Morgan fingerprint density at radius 1 is 1.12 bits per heavy atom. The van der Waals surface area contributed by atoms with Gasteiger partial charge in [-0.05, 0) is 42.0 Å². The van der Waals surface area contributed by atoms with Crippen molar-refractivity contribution in [3.05, 3.63) is 54.4 Å². The van der Waals surface area contributed by atoms with Crippen LogP contribution in [0.1, 0.15) is 5.56 Å². The summed E-state index contributed by atoms with van der Waals surface area (Å²) >= 11 is 0. The Hall–Kier alpha value is -2.36. The van der Waals surface area contributed by atoms with Crippen LogP contribution in [0.25, 0.3) is 0 Å². The monoisotopic (exact) mass is 213 g/mol. The van der Waals surface area contributed by atoms with Crippen molar-refractivity contribution >= 4 is 6.21 Å². The van der Waals surface area contributed by atoms with Crippen molar-refractivity contribution in [2.45, 2.75) is 0 Å². The first kappa shape index (κ1) is 10.2. The molecule has 4 heteroatoms. The van der Waals surface area contributed by atoms with Gasteiger partial charge in [0.05, 0.1) is 12.4 Å². The van der Waals surface area contributed by atoms with Gasteiger partial charge in [0.2, 0.25) is 0 Å². The van der Waals surface area contributed by atoms with Gasteiger partial charge in [0, 0.05) is 6.20 Å². The molecule has 0 unspecified atom stereocenters. The zero-order chi connectivity index (χ0) is 11.2. The minimum Gasteiger partial charge on any atom is -0.456 e. The van der Waals surface area contributed by atoms with E-state index in [-0.39, 0.29) is 0 Å². The Balaban J connectivity index is 2.11. The van der Waals surface area contributed by atoms with Gasteiger partial charge in [0.1, 0.15) is 11.5 Å². The maximum atomic E-state index is 5.57. The number of benzene rings is 1. The lowest BCUT2D eigenvalue weighted by molar-refractivity contribution is 0.480. The summed E-state index contributed by atoms with van der Waals surface area (Å²) < 4.78 is 5.57. The van der Waals surface area contributed by atoms with Crippen LogP contribution in [0.5, 0.6) is 11.5 Å². The summed E-state index contributed by atoms with van der Waals surface area (Å²) in [5.41, 5.74) is 0.932. The van der Waals surface area contributed by atoms with Crippen molar-refractivity contribution in [3.63, 3.8) is 0 Å². The fourth-order valence-corrected chi connectivity index (χ4v) is 1.25. The molecule has 16 heavy (non-hydrogen) atoms. The van der Waals surface area contributed by atoms with Crippen LogP contribution < -0.4 is 10.6 Å². The summed E-state index contributed by atoms with van der Waals surface area (Å²) in [5, 5.41) is 3.44. The third-order valence-corrected chi connectivity index (χ3v) is 1.97. The van der Waals surface area contributed by atoms with Crippen molar-refractivity contribution in [1.29, 1.82) is 0 Å². The zero-order valence-corrected chi connectivity index (χ0v) is 8.58. The molecule has 0 aliphatic heterocycles. The van der Waals surface area contributed by atoms with Gasteiger partial charge in [-0.25, -0.2) is 0 Å². The van der Waals surface area contributed by atoms with Gasteiger partial charge in [-0.1, -0.05) is 0 Å². The van der Waals surface area contributed by atoms with Gasteiger partial charge in [-0.3, -0.25) is 4.98 Å². The highest BCUT2D eigenvalue weighted by Crippen LogP contribution is 2.19. The molecule has 0 radical (unpaired) electrons. The number of nitrogens with two attached hydrogens (primary N) is 1. The van der Waals surface area contributed by atoms with E-state index in [1.54, 1.807) is 18.6 Å². The first-order valence-corrected chi connectivity index (χ1v) is 4.80. The fraction of sp³-hybridized carbons (Fsp3) is 0. The fourth-order valence-electron chi connectivity index (χ4n) is 1.25. The highest BCUT2D eigenvalue weighted by Gasteiger charge is 1.96. The van der Waals surface area contributed by atoms with E-state index in [0.29, 0.717) is 5.75 Å². The van der Waals surface area contributed by atoms with Crippen molar-refractivity contribution in [1.82, 2.24) is 4.98 Å². The average molecular weight is 213 g/mol. The lowest BCUT2D eigenvalue weighted by Crippen LogP contribution is -1.88. The summed E-state index contributed by atoms with van der Waals surface area (Å²) in [4.78, 5) is 3.97. The van der Waals surface area contributed by atoms with E-state index in [0.717, 1.165) is 11.3 Å². The number of aromatic nitrogens is 1. The SMILES string of the molecule is N/N=C/c1ccc(Oc2cccnc2)cc1. The van der Waals surface area contributed by atoms with Crippen molar-refractivity contribution in [3.8, 4) is 11.5 Å². The van der Waals surface area contributed by atoms with Crippen LogP contribution in [0.3, 0.4) is 0 Å². The molecular weight excluding hydrogens is 202 g/mol. The highest BCUT2D eigenvalue weighted by molar-refractivity contribution is 5.79. The molecule has 2 N–H and O–H groups in total. The molecule has 0 amide bonds. The third-order valence-electron chi connectivity index (χ3n) is 1.97. The summed E-state index contributed by atoms with van der Waals surface area (Å²) in [6.07, 6.45) is 4.94. The molecule has 0 spiro atoms. The molecule has 1 aromatic carbocycles. The first-order chi connectivity index (χ1) is 7.88. The molecule has 0 fully saturated rings. The molecule has 0 bridgehead atoms. The minimum absolute atomic E-state index is 0.711. The Bertz CT molecular complexity index is 465. The van der Waals surface area contributed by atoms with Crippen molar-refractivity contribution in [2.75, 3.05) is 0 Å². The first-order valence-electron chi connectivity index (χ1n) is 4.80. The number of hydrogen-bond acceptors (Lipinski definition) is 4. The molecule has 4 nitrogen and oxygen atoms in total. The summed E-state index contributed by atoms with van der Waals surface area (Å²) in [5.74, 6) is 6.51. The van der Waals surface area contributed by atoms with Gasteiger partial charge < -0.3 is 10.6 Å². The highest BCUT2D eigenvalue weighted by atomic mass is 16.5. The van der Waals surface area contributed by atoms with E-state index in [1.807, 2.05) is 36.4 Å². The molecule has 2 aromatic rings. The van der Waals surface area contributed by atoms with Gasteiger partial charge in [-0.15, -0.1) is 0 Å². The van der Waals surface area contributed by atoms with Gasteiger partial charge >= 0.3 is 0 Å². The van der Waals surface area contributed by atoms with Crippen LogP contribution in [0.4, 0.5) is 0 Å². The molecule has 0 saturated heterocycles. The van der Waals surface area contributed by atoms with Gasteiger partial charge in [0.25, 0.3) is 0 Å². The Morgan fingerprint density at radius 2 is 1.94 bits per heavy atom. The van der Waals surface area contributed by atoms with Crippen molar-refractivity contribution < 1.29 is 4.74 Å². The Labute approximate surface area is 93.4 Å². The number of hydrazone groups is 1. The van der Waals surface area contributed by atoms with E-state index in [4.69, 9.17) is 10.6 Å². The molecule has 0 saturated carbocycles. The second-order valence-electron chi connectivity index (χ2n) is 3.14. The van der Waals surface area contributed by atoms with Crippen LogP contribution in [0, 0.1) is 0 Å². The number of pyridine rings is 1. The topological polar surface area (TPSA) is 60.5 Å². The van der Waals surface area contributed by atoms with E-state index in [9.17, 15) is 0 Å². The van der Waals surface area contributed by atoms with Crippen LogP contribution >= 0.6 is 0 Å². The molecule has 0 aliphatic carbocycles. The molecular formula is C12H11N3O. The molecule has 2 rings (SSSR count).